The summed E-state index contributed by atoms with van der Waals surface area (Å²) in [5.74, 6) is 0. The molecular weight excluding hydrogens is 198 g/mol. The van der Waals surface area contributed by atoms with Crippen LogP contribution < -0.4 is 5.32 Å². The Bertz CT molecular complexity index is 193. The number of ether oxygens (including phenoxy) is 1. The molecule has 1 saturated heterocycles. The maximum atomic E-state index is 5.74. The van der Waals surface area contributed by atoms with Gasteiger partial charge in [-0.25, -0.2) is 0 Å². The average Bonchev–Trinajstić information content (AvgIpc) is 2.96. The molecule has 1 aliphatic heterocycles. The fourth-order valence-corrected chi connectivity index (χ4v) is 3.37. The van der Waals surface area contributed by atoms with Crippen molar-refractivity contribution >= 4 is 0 Å². The van der Waals surface area contributed by atoms with Gasteiger partial charge in [0.1, 0.15) is 0 Å². The summed E-state index contributed by atoms with van der Waals surface area (Å²) in [5, 5.41) is 3.57. The Kier molecular flexibility index (Phi) is 4.66. The van der Waals surface area contributed by atoms with E-state index in [1.807, 2.05) is 0 Å². The highest BCUT2D eigenvalue weighted by Crippen LogP contribution is 2.42. The van der Waals surface area contributed by atoms with Gasteiger partial charge in [0, 0.05) is 13.2 Å². The summed E-state index contributed by atoms with van der Waals surface area (Å²) in [6.07, 6.45) is 11.6. The summed E-state index contributed by atoms with van der Waals surface area (Å²) in [4.78, 5) is 0. The molecular formula is C14H27NO. The monoisotopic (exact) mass is 225 g/mol. The first-order valence-electron chi connectivity index (χ1n) is 7.17. The van der Waals surface area contributed by atoms with Gasteiger partial charge in [-0.1, -0.05) is 19.8 Å². The second-order valence-electron chi connectivity index (χ2n) is 5.66. The first-order chi connectivity index (χ1) is 7.85. The average molecular weight is 225 g/mol. The van der Waals surface area contributed by atoms with Crippen LogP contribution >= 0.6 is 0 Å². The number of hydrogen-bond acceptors (Lipinski definition) is 2. The predicted molar refractivity (Wildman–Crippen MR) is 67.7 cm³/mol. The Balaban J connectivity index is 1.77. The standard InChI is InChI=1S/C14H27NO/c1-2-15-12-14(8-3-4-9-14)10-7-13-6-5-11-16-13/h13,15H,2-12H2,1H3. The fourth-order valence-electron chi connectivity index (χ4n) is 3.37. The molecule has 2 rings (SSSR count). The molecule has 1 heterocycles. The van der Waals surface area contributed by atoms with Crippen LogP contribution in [0, 0.1) is 5.41 Å². The molecule has 0 amide bonds. The van der Waals surface area contributed by atoms with Crippen LogP contribution in [0.15, 0.2) is 0 Å². The zero-order valence-electron chi connectivity index (χ0n) is 10.8. The van der Waals surface area contributed by atoms with Crippen molar-refractivity contribution in [2.24, 2.45) is 5.41 Å². The van der Waals surface area contributed by atoms with E-state index < -0.39 is 0 Å². The third-order valence-corrected chi connectivity index (χ3v) is 4.43. The molecule has 94 valence electrons. The summed E-state index contributed by atoms with van der Waals surface area (Å²) >= 11 is 0. The van der Waals surface area contributed by atoms with E-state index in [2.05, 4.69) is 12.2 Å². The molecule has 0 aromatic carbocycles. The lowest BCUT2D eigenvalue weighted by atomic mass is 9.80. The Hall–Kier alpha value is -0.0800. The molecule has 0 aromatic heterocycles. The molecule has 0 aromatic rings. The number of hydrogen-bond donors (Lipinski definition) is 1. The van der Waals surface area contributed by atoms with Crippen molar-refractivity contribution in [3.63, 3.8) is 0 Å². The highest BCUT2D eigenvalue weighted by Gasteiger charge is 2.34. The highest BCUT2D eigenvalue weighted by molar-refractivity contribution is 4.87. The van der Waals surface area contributed by atoms with Gasteiger partial charge in [0.25, 0.3) is 0 Å². The smallest absolute Gasteiger partial charge is 0.0576 e. The lowest BCUT2D eigenvalue weighted by Crippen LogP contribution is -2.32. The van der Waals surface area contributed by atoms with Crippen molar-refractivity contribution in [2.45, 2.75) is 64.4 Å². The van der Waals surface area contributed by atoms with Crippen molar-refractivity contribution in [3.05, 3.63) is 0 Å². The van der Waals surface area contributed by atoms with Gasteiger partial charge in [-0.2, -0.15) is 0 Å². The van der Waals surface area contributed by atoms with E-state index in [0.29, 0.717) is 11.5 Å². The van der Waals surface area contributed by atoms with E-state index in [4.69, 9.17) is 4.74 Å². The van der Waals surface area contributed by atoms with Crippen molar-refractivity contribution in [3.8, 4) is 0 Å². The van der Waals surface area contributed by atoms with E-state index in [-0.39, 0.29) is 0 Å². The highest BCUT2D eigenvalue weighted by atomic mass is 16.5. The van der Waals surface area contributed by atoms with Gasteiger partial charge >= 0.3 is 0 Å². The van der Waals surface area contributed by atoms with E-state index in [1.165, 1.54) is 57.9 Å². The first kappa shape index (κ1) is 12.4. The summed E-state index contributed by atoms with van der Waals surface area (Å²) in [6, 6.07) is 0. The molecule has 2 aliphatic rings. The number of nitrogens with one attached hydrogen (secondary N) is 1. The van der Waals surface area contributed by atoms with E-state index in [0.717, 1.165) is 13.2 Å². The van der Waals surface area contributed by atoms with Gasteiger partial charge in [-0.15, -0.1) is 0 Å². The maximum absolute atomic E-state index is 5.74. The summed E-state index contributed by atoms with van der Waals surface area (Å²) in [6.45, 7) is 5.56. The maximum Gasteiger partial charge on any atom is 0.0576 e. The van der Waals surface area contributed by atoms with Gasteiger partial charge in [0.2, 0.25) is 0 Å². The van der Waals surface area contributed by atoms with Crippen molar-refractivity contribution < 1.29 is 4.74 Å². The zero-order chi connectivity index (χ0) is 11.3. The summed E-state index contributed by atoms with van der Waals surface area (Å²) in [5.41, 5.74) is 0.613. The Morgan fingerprint density at radius 3 is 2.69 bits per heavy atom. The molecule has 1 atom stereocenters. The van der Waals surface area contributed by atoms with Crippen LogP contribution in [-0.2, 0) is 4.74 Å². The van der Waals surface area contributed by atoms with Crippen molar-refractivity contribution in [1.82, 2.24) is 5.32 Å². The van der Waals surface area contributed by atoms with Gasteiger partial charge in [0.05, 0.1) is 6.10 Å². The van der Waals surface area contributed by atoms with E-state index >= 15 is 0 Å². The van der Waals surface area contributed by atoms with E-state index in [9.17, 15) is 0 Å². The van der Waals surface area contributed by atoms with Crippen LogP contribution in [0.5, 0.6) is 0 Å². The van der Waals surface area contributed by atoms with Crippen molar-refractivity contribution in [2.75, 3.05) is 19.7 Å². The molecule has 1 saturated carbocycles. The largest absolute Gasteiger partial charge is 0.378 e. The molecule has 16 heavy (non-hydrogen) atoms. The van der Waals surface area contributed by atoms with E-state index in [1.54, 1.807) is 0 Å². The van der Waals surface area contributed by atoms with Crippen LogP contribution in [0.1, 0.15) is 58.3 Å². The Morgan fingerprint density at radius 1 is 1.25 bits per heavy atom. The first-order valence-corrected chi connectivity index (χ1v) is 7.17. The third-order valence-electron chi connectivity index (χ3n) is 4.43. The molecule has 0 spiro atoms. The predicted octanol–water partition coefficient (Wildman–Crippen LogP) is 3.12. The molecule has 1 aliphatic carbocycles. The number of rotatable bonds is 6. The molecule has 2 nitrogen and oxygen atoms in total. The Morgan fingerprint density at radius 2 is 2.06 bits per heavy atom. The fraction of sp³-hybridized carbons (Fsp3) is 1.00. The topological polar surface area (TPSA) is 21.3 Å². The second-order valence-corrected chi connectivity index (χ2v) is 5.66. The summed E-state index contributed by atoms with van der Waals surface area (Å²) < 4.78 is 5.74. The lowest BCUT2D eigenvalue weighted by molar-refractivity contribution is 0.0874. The zero-order valence-corrected chi connectivity index (χ0v) is 10.8. The SMILES string of the molecule is CCNCC1(CCC2CCCO2)CCCC1. The quantitative estimate of drug-likeness (QED) is 0.750. The van der Waals surface area contributed by atoms with Gasteiger partial charge in [-0.3, -0.25) is 0 Å². The van der Waals surface area contributed by atoms with Crippen LogP contribution in [0.3, 0.4) is 0 Å². The van der Waals surface area contributed by atoms with Crippen molar-refractivity contribution in [1.29, 1.82) is 0 Å². The lowest BCUT2D eigenvalue weighted by Gasteiger charge is -2.30. The van der Waals surface area contributed by atoms with Gasteiger partial charge in [0.15, 0.2) is 0 Å². The Labute approximate surface area is 100 Å². The molecule has 2 heteroatoms. The minimum atomic E-state index is 0.583. The molecule has 1 N–H and O–H groups in total. The second kappa shape index (κ2) is 6.02. The third kappa shape index (κ3) is 3.21. The van der Waals surface area contributed by atoms with Crippen LogP contribution in [0.2, 0.25) is 0 Å². The molecule has 1 unspecified atom stereocenters. The van der Waals surface area contributed by atoms with Crippen LogP contribution in [0.25, 0.3) is 0 Å². The summed E-state index contributed by atoms with van der Waals surface area (Å²) in [7, 11) is 0. The van der Waals surface area contributed by atoms with Gasteiger partial charge < -0.3 is 10.1 Å². The molecule has 0 bridgehead atoms. The minimum Gasteiger partial charge on any atom is -0.378 e. The normalized spacial score (nSPS) is 28.7. The van der Waals surface area contributed by atoms with Gasteiger partial charge in [-0.05, 0) is 50.5 Å². The minimum absolute atomic E-state index is 0.583. The molecule has 2 fully saturated rings. The van der Waals surface area contributed by atoms with Crippen LogP contribution in [0.4, 0.5) is 0 Å². The van der Waals surface area contributed by atoms with Crippen LogP contribution in [-0.4, -0.2) is 25.8 Å². The molecule has 0 radical (unpaired) electrons.